The van der Waals surface area contributed by atoms with Crippen molar-refractivity contribution in [1.82, 2.24) is 15.1 Å². The first-order valence-electron chi connectivity index (χ1n) is 7.03. The number of hydrogen-bond donors (Lipinski definition) is 1. The Hall–Kier alpha value is -2.12. The highest BCUT2D eigenvalue weighted by atomic mass is 35.5. The van der Waals surface area contributed by atoms with Crippen LogP contribution in [0.15, 0.2) is 30.5 Å². The van der Waals surface area contributed by atoms with Crippen LogP contribution in [-0.2, 0) is 6.54 Å². The largest absolute Gasteiger partial charge is 0.349 e. The van der Waals surface area contributed by atoms with E-state index in [9.17, 15) is 10.1 Å². The molecule has 116 valence electrons. The number of H-pyrrole nitrogens is 1. The minimum absolute atomic E-state index is 0.0335. The molecule has 7 nitrogen and oxygen atoms in total. The SMILES string of the molecule is O=[N+]([O-])c1cn[nH]c1N1CCN(Cc2ccc(Cl)cc2)CC1. The quantitative estimate of drug-likeness (QED) is 0.690. The van der Waals surface area contributed by atoms with Crippen LogP contribution in [-0.4, -0.2) is 46.2 Å². The fraction of sp³-hybridized carbons (Fsp3) is 0.357. The van der Waals surface area contributed by atoms with Crippen LogP contribution in [0.1, 0.15) is 5.56 Å². The standard InChI is InChI=1S/C14H16ClN5O2/c15-12-3-1-11(2-4-12)10-18-5-7-19(8-6-18)14-13(20(21)22)9-16-17-14/h1-4,9H,5-8,10H2,(H,16,17). The molecule has 1 aromatic heterocycles. The predicted octanol–water partition coefficient (Wildman–Crippen LogP) is 2.29. The second kappa shape index (κ2) is 6.33. The third kappa shape index (κ3) is 3.20. The van der Waals surface area contributed by atoms with Crippen molar-refractivity contribution in [2.24, 2.45) is 0 Å². The van der Waals surface area contributed by atoms with Crippen LogP contribution in [0.4, 0.5) is 11.5 Å². The van der Waals surface area contributed by atoms with Gasteiger partial charge in [0, 0.05) is 37.7 Å². The lowest BCUT2D eigenvalue weighted by molar-refractivity contribution is -0.384. The van der Waals surface area contributed by atoms with E-state index in [1.165, 1.54) is 11.8 Å². The second-order valence-electron chi connectivity index (χ2n) is 5.25. The summed E-state index contributed by atoms with van der Waals surface area (Å²) in [6, 6.07) is 7.82. The van der Waals surface area contributed by atoms with Gasteiger partial charge >= 0.3 is 5.69 Å². The molecular formula is C14H16ClN5O2. The first kappa shape index (κ1) is 14.8. The summed E-state index contributed by atoms with van der Waals surface area (Å²) in [5.41, 5.74) is 1.25. The van der Waals surface area contributed by atoms with E-state index in [2.05, 4.69) is 15.1 Å². The van der Waals surface area contributed by atoms with E-state index in [0.717, 1.165) is 37.7 Å². The van der Waals surface area contributed by atoms with Crippen LogP contribution < -0.4 is 4.90 Å². The van der Waals surface area contributed by atoms with Gasteiger partial charge in [-0.25, -0.2) is 0 Å². The molecule has 1 fully saturated rings. The van der Waals surface area contributed by atoms with Gasteiger partial charge < -0.3 is 4.90 Å². The summed E-state index contributed by atoms with van der Waals surface area (Å²) >= 11 is 5.89. The maximum absolute atomic E-state index is 11.0. The molecule has 2 heterocycles. The molecule has 1 aliphatic heterocycles. The Bertz CT molecular complexity index is 650. The Morgan fingerprint density at radius 1 is 1.23 bits per heavy atom. The molecule has 0 spiro atoms. The molecule has 1 aliphatic rings. The number of nitro groups is 1. The number of aromatic nitrogens is 2. The topological polar surface area (TPSA) is 78.3 Å². The number of hydrogen-bond acceptors (Lipinski definition) is 5. The van der Waals surface area contributed by atoms with Gasteiger partial charge in [0.1, 0.15) is 6.20 Å². The molecule has 2 aromatic rings. The van der Waals surface area contributed by atoms with E-state index in [-0.39, 0.29) is 5.69 Å². The maximum Gasteiger partial charge on any atom is 0.330 e. The van der Waals surface area contributed by atoms with Gasteiger partial charge in [0.15, 0.2) is 0 Å². The molecule has 0 radical (unpaired) electrons. The molecule has 0 saturated carbocycles. The molecule has 0 aliphatic carbocycles. The Morgan fingerprint density at radius 3 is 2.55 bits per heavy atom. The summed E-state index contributed by atoms with van der Waals surface area (Å²) in [4.78, 5) is 14.8. The van der Waals surface area contributed by atoms with Gasteiger partial charge in [0.05, 0.1) is 4.92 Å². The smallest absolute Gasteiger partial charge is 0.330 e. The van der Waals surface area contributed by atoms with Crippen LogP contribution in [0, 0.1) is 10.1 Å². The zero-order chi connectivity index (χ0) is 15.5. The second-order valence-corrected chi connectivity index (χ2v) is 5.69. The van der Waals surface area contributed by atoms with Crippen molar-refractivity contribution in [2.45, 2.75) is 6.54 Å². The van der Waals surface area contributed by atoms with E-state index in [4.69, 9.17) is 11.6 Å². The lowest BCUT2D eigenvalue weighted by Crippen LogP contribution is -2.46. The van der Waals surface area contributed by atoms with Gasteiger partial charge in [-0.3, -0.25) is 20.1 Å². The van der Waals surface area contributed by atoms with E-state index in [0.29, 0.717) is 5.82 Å². The molecule has 0 amide bonds. The molecule has 1 saturated heterocycles. The van der Waals surface area contributed by atoms with Crippen molar-refractivity contribution in [1.29, 1.82) is 0 Å². The molecule has 1 N–H and O–H groups in total. The Labute approximate surface area is 132 Å². The highest BCUT2D eigenvalue weighted by molar-refractivity contribution is 6.30. The third-order valence-corrected chi connectivity index (χ3v) is 4.06. The van der Waals surface area contributed by atoms with E-state index < -0.39 is 4.92 Å². The van der Waals surface area contributed by atoms with Gasteiger partial charge in [-0.15, -0.1) is 0 Å². The molecule has 0 bridgehead atoms. The molecule has 3 rings (SSSR count). The summed E-state index contributed by atoms with van der Waals surface area (Å²) in [6.07, 6.45) is 1.26. The minimum atomic E-state index is -0.404. The van der Waals surface area contributed by atoms with Gasteiger partial charge in [-0.05, 0) is 17.7 Å². The van der Waals surface area contributed by atoms with Crippen molar-refractivity contribution < 1.29 is 4.92 Å². The monoisotopic (exact) mass is 321 g/mol. The molecule has 8 heteroatoms. The number of halogens is 1. The molecule has 0 unspecified atom stereocenters. The zero-order valence-electron chi connectivity index (χ0n) is 11.9. The summed E-state index contributed by atoms with van der Waals surface area (Å²) in [7, 11) is 0. The van der Waals surface area contributed by atoms with Crippen molar-refractivity contribution >= 4 is 23.1 Å². The van der Waals surface area contributed by atoms with Crippen LogP contribution in [0.5, 0.6) is 0 Å². The lowest BCUT2D eigenvalue weighted by atomic mass is 10.2. The number of rotatable bonds is 4. The first-order valence-corrected chi connectivity index (χ1v) is 7.41. The van der Waals surface area contributed by atoms with Crippen LogP contribution in [0.3, 0.4) is 0 Å². The van der Waals surface area contributed by atoms with E-state index >= 15 is 0 Å². The molecule has 0 atom stereocenters. The van der Waals surface area contributed by atoms with Crippen LogP contribution >= 0.6 is 11.6 Å². The maximum atomic E-state index is 11.0. The van der Waals surface area contributed by atoms with Crippen LogP contribution in [0.2, 0.25) is 5.02 Å². The number of nitrogens with one attached hydrogen (secondary N) is 1. The van der Waals surface area contributed by atoms with E-state index in [1.807, 2.05) is 29.2 Å². The number of aromatic amines is 1. The fourth-order valence-electron chi connectivity index (χ4n) is 2.62. The van der Waals surface area contributed by atoms with Gasteiger partial charge in [-0.1, -0.05) is 23.7 Å². The Morgan fingerprint density at radius 2 is 1.91 bits per heavy atom. The highest BCUT2D eigenvalue weighted by Crippen LogP contribution is 2.25. The average molecular weight is 322 g/mol. The van der Waals surface area contributed by atoms with Gasteiger partial charge in [0.2, 0.25) is 5.82 Å². The molecule has 1 aromatic carbocycles. The minimum Gasteiger partial charge on any atom is -0.349 e. The first-order chi connectivity index (χ1) is 10.6. The summed E-state index contributed by atoms with van der Waals surface area (Å²) in [5, 5.41) is 18.2. The highest BCUT2D eigenvalue weighted by Gasteiger charge is 2.25. The Balaban J connectivity index is 1.59. The number of benzene rings is 1. The third-order valence-electron chi connectivity index (χ3n) is 3.80. The van der Waals surface area contributed by atoms with Crippen molar-refractivity contribution in [3.8, 4) is 0 Å². The van der Waals surface area contributed by atoms with Crippen molar-refractivity contribution in [3.05, 3.63) is 51.2 Å². The average Bonchev–Trinajstić information content (AvgIpc) is 3.00. The summed E-state index contributed by atoms with van der Waals surface area (Å²) in [6.45, 7) is 4.01. The fourth-order valence-corrected chi connectivity index (χ4v) is 2.74. The normalized spacial score (nSPS) is 16.0. The number of piperazine rings is 1. The lowest BCUT2D eigenvalue weighted by Gasteiger charge is -2.34. The Kier molecular flexibility index (Phi) is 4.26. The molecule has 22 heavy (non-hydrogen) atoms. The van der Waals surface area contributed by atoms with Crippen LogP contribution in [0.25, 0.3) is 0 Å². The summed E-state index contributed by atoms with van der Waals surface area (Å²) in [5.74, 6) is 0.496. The predicted molar refractivity (Wildman–Crippen MR) is 84.2 cm³/mol. The summed E-state index contributed by atoms with van der Waals surface area (Å²) < 4.78 is 0. The number of nitrogens with zero attached hydrogens (tertiary/aromatic N) is 4. The van der Waals surface area contributed by atoms with Crippen molar-refractivity contribution in [2.75, 3.05) is 31.1 Å². The van der Waals surface area contributed by atoms with Gasteiger partial charge in [0.25, 0.3) is 0 Å². The number of anilines is 1. The van der Waals surface area contributed by atoms with Crippen molar-refractivity contribution in [3.63, 3.8) is 0 Å². The molecular weight excluding hydrogens is 306 g/mol. The zero-order valence-corrected chi connectivity index (χ0v) is 12.7. The van der Waals surface area contributed by atoms with E-state index in [1.54, 1.807) is 0 Å². The van der Waals surface area contributed by atoms with Gasteiger partial charge in [-0.2, -0.15) is 5.10 Å².